The molecule has 2 unspecified atom stereocenters. The number of ether oxygens (including phenoxy) is 3. The molecule has 4 nitrogen and oxygen atoms in total. The zero-order chi connectivity index (χ0) is 19.2. The Morgan fingerprint density at radius 3 is 2.63 bits per heavy atom. The van der Waals surface area contributed by atoms with Crippen LogP contribution in [0, 0.1) is 17.8 Å². The van der Waals surface area contributed by atoms with Gasteiger partial charge in [-0.05, 0) is 55.0 Å². The van der Waals surface area contributed by atoms with Gasteiger partial charge >= 0.3 is 5.97 Å². The Morgan fingerprint density at radius 1 is 1.19 bits per heavy atom. The predicted octanol–water partition coefficient (Wildman–Crippen LogP) is 4.37. The standard InChI is InChI=1S/C23H26O4/c1-4-5-17(15-23(24)26-3)16-6-9-19(10-7-16)27-22-13-8-18-14-20(25-2)11-12-21(18)22/h6-7,9-12,17-18,22H,8,13-15H2,1-3H3/t17-,18?,22?/m0/s1. The summed E-state index contributed by atoms with van der Waals surface area (Å²) in [5, 5.41) is 0. The second-order valence-corrected chi connectivity index (χ2v) is 6.88. The minimum absolute atomic E-state index is 0.122. The lowest BCUT2D eigenvalue weighted by atomic mass is 9.93. The van der Waals surface area contributed by atoms with Crippen molar-refractivity contribution in [3.63, 3.8) is 0 Å². The van der Waals surface area contributed by atoms with Crippen LogP contribution in [0.4, 0.5) is 0 Å². The van der Waals surface area contributed by atoms with Gasteiger partial charge < -0.3 is 14.2 Å². The summed E-state index contributed by atoms with van der Waals surface area (Å²) in [6, 6.07) is 7.89. The van der Waals surface area contributed by atoms with Crippen molar-refractivity contribution in [3.8, 4) is 17.6 Å². The second kappa shape index (κ2) is 8.81. The summed E-state index contributed by atoms with van der Waals surface area (Å²) < 4.78 is 16.4. The van der Waals surface area contributed by atoms with Crippen molar-refractivity contribution in [1.29, 1.82) is 0 Å². The maximum absolute atomic E-state index is 11.6. The summed E-state index contributed by atoms with van der Waals surface area (Å²) in [6.45, 7) is 1.78. The molecule has 4 heteroatoms. The molecule has 0 bridgehead atoms. The Balaban J connectivity index is 1.68. The number of carbonyl (C=O) groups excluding carboxylic acids is 1. The number of benzene rings is 1. The van der Waals surface area contributed by atoms with Crippen LogP contribution in [0.3, 0.4) is 0 Å². The summed E-state index contributed by atoms with van der Waals surface area (Å²) in [5.74, 6) is 7.97. The molecule has 1 fully saturated rings. The highest BCUT2D eigenvalue weighted by Crippen LogP contribution is 2.40. The minimum Gasteiger partial charge on any atom is -0.501 e. The van der Waals surface area contributed by atoms with Gasteiger partial charge in [0.05, 0.1) is 32.3 Å². The molecule has 1 aromatic rings. The van der Waals surface area contributed by atoms with Crippen LogP contribution in [0.25, 0.3) is 0 Å². The summed E-state index contributed by atoms with van der Waals surface area (Å²) in [4.78, 5) is 11.6. The largest absolute Gasteiger partial charge is 0.501 e. The first-order valence-electron chi connectivity index (χ1n) is 9.35. The average Bonchev–Trinajstić information content (AvgIpc) is 3.10. The van der Waals surface area contributed by atoms with E-state index < -0.39 is 0 Å². The van der Waals surface area contributed by atoms with Crippen molar-refractivity contribution < 1.29 is 19.0 Å². The lowest BCUT2D eigenvalue weighted by molar-refractivity contribution is -0.140. The Kier molecular flexibility index (Phi) is 6.24. The number of fused-ring (bicyclic) bond motifs is 1. The van der Waals surface area contributed by atoms with Crippen molar-refractivity contribution in [2.45, 2.75) is 44.6 Å². The summed E-state index contributed by atoms with van der Waals surface area (Å²) in [7, 11) is 3.13. The highest BCUT2D eigenvalue weighted by atomic mass is 16.5. The fourth-order valence-corrected chi connectivity index (χ4v) is 3.81. The van der Waals surface area contributed by atoms with Gasteiger partial charge in [0.25, 0.3) is 0 Å². The first-order chi connectivity index (χ1) is 13.1. The monoisotopic (exact) mass is 366 g/mol. The van der Waals surface area contributed by atoms with Crippen LogP contribution in [0.5, 0.6) is 5.75 Å². The molecular weight excluding hydrogens is 340 g/mol. The summed E-state index contributed by atoms with van der Waals surface area (Å²) >= 11 is 0. The molecule has 2 aliphatic carbocycles. The van der Waals surface area contributed by atoms with E-state index in [1.54, 1.807) is 14.0 Å². The third kappa shape index (κ3) is 4.54. The molecule has 0 saturated heterocycles. The Labute approximate surface area is 161 Å². The van der Waals surface area contributed by atoms with E-state index in [4.69, 9.17) is 14.2 Å². The first kappa shape index (κ1) is 19.1. The minimum atomic E-state index is -0.257. The fraction of sp³-hybridized carbons (Fsp3) is 0.435. The van der Waals surface area contributed by atoms with E-state index in [1.165, 1.54) is 12.7 Å². The van der Waals surface area contributed by atoms with E-state index in [1.807, 2.05) is 24.3 Å². The van der Waals surface area contributed by atoms with Crippen molar-refractivity contribution in [2.24, 2.45) is 5.92 Å². The zero-order valence-electron chi connectivity index (χ0n) is 16.2. The number of hydrogen-bond donors (Lipinski definition) is 0. The Morgan fingerprint density at radius 2 is 1.96 bits per heavy atom. The molecule has 0 amide bonds. The molecule has 0 radical (unpaired) electrons. The Hall–Kier alpha value is -2.67. The van der Waals surface area contributed by atoms with Gasteiger partial charge in [-0.1, -0.05) is 24.1 Å². The number of rotatable bonds is 6. The molecule has 3 atom stereocenters. The van der Waals surface area contributed by atoms with Crippen LogP contribution in [0.1, 0.15) is 44.1 Å². The van der Waals surface area contributed by atoms with Crippen LogP contribution in [0.2, 0.25) is 0 Å². The SMILES string of the molecule is CC#C[C@@H](CC(=O)OC)c1ccc(OC2CCC3CC(OC)=CC=C32)cc1. The van der Waals surface area contributed by atoms with Crippen LogP contribution >= 0.6 is 0 Å². The van der Waals surface area contributed by atoms with Gasteiger partial charge in [-0.15, -0.1) is 5.92 Å². The van der Waals surface area contributed by atoms with E-state index >= 15 is 0 Å². The van der Waals surface area contributed by atoms with Gasteiger partial charge in [-0.3, -0.25) is 4.79 Å². The highest BCUT2D eigenvalue weighted by Gasteiger charge is 2.34. The van der Waals surface area contributed by atoms with E-state index in [2.05, 4.69) is 24.0 Å². The van der Waals surface area contributed by atoms with E-state index in [0.29, 0.717) is 5.92 Å². The van der Waals surface area contributed by atoms with Crippen molar-refractivity contribution >= 4 is 5.97 Å². The lowest BCUT2D eigenvalue weighted by Gasteiger charge is -2.22. The lowest BCUT2D eigenvalue weighted by Crippen LogP contribution is -2.17. The van der Waals surface area contributed by atoms with Gasteiger partial charge in [-0.2, -0.15) is 0 Å². The highest BCUT2D eigenvalue weighted by molar-refractivity contribution is 5.71. The molecule has 0 aliphatic heterocycles. The molecule has 0 N–H and O–H groups in total. The van der Waals surface area contributed by atoms with E-state index in [9.17, 15) is 4.79 Å². The van der Waals surface area contributed by atoms with Gasteiger partial charge in [0.1, 0.15) is 11.9 Å². The van der Waals surface area contributed by atoms with Crippen LogP contribution in [0.15, 0.2) is 47.7 Å². The first-order valence-corrected chi connectivity index (χ1v) is 9.35. The maximum Gasteiger partial charge on any atom is 0.307 e. The summed E-state index contributed by atoms with van der Waals surface area (Å²) in [6.07, 6.45) is 7.70. The van der Waals surface area contributed by atoms with E-state index in [0.717, 1.165) is 36.3 Å². The van der Waals surface area contributed by atoms with Gasteiger partial charge in [0.15, 0.2) is 0 Å². The molecule has 27 heavy (non-hydrogen) atoms. The van der Waals surface area contributed by atoms with Crippen LogP contribution in [-0.4, -0.2) is 26.3 Å². The van der Waals surface area contributed by atoms with E-state index in [-0.39, 0.29) is 24.4 Å². The van der Waals surface area contributed by atoms with Crippen molar-refractivity contribution in [3.05, 3.63) is 53.3 Å². The third-order valence-electron chi connectivity index (χ3n) is 5.27. The molecule has 0 heterocycles. The number of methoxy groups -OCH3 is 2. The topological polar surface area (TPSA) is 44.8 Å². The zero-order valence-corrected chi connectivity index (χ0v) is 16.2. The van der Waals surface area contributed by atoms with Crippen LogP contribution < -0.4 is 4.74 Å². The number of allylic oxidation sites excluding steroid dienone is 3. The van der Waals surface area contributed by atoms with Crippen LogP contribution in [-0.2, 0) is 14.3 Å². The molecule has 1 saturated carbocycles. The third-order valence-corrected chi connectivity index (χ3v) is 5.27. The molecule has 2 aliphatic rings. The second-order valence-electron chi connectivity index (χ2n) is 6.88. The average molecular weight is 366 g/mol. The quantitative estimate of drug-likeness (QED) is 0.554. The molecule has 3 rings (SSSR count). The smallest absolute Gasteiger partial charge is 0.307 e. The van der Waals surface area contributed by atoms with Gasteiger partial charge in [0, 0.05) is 6.42 Å². The normalized spacial score (nSPS) is 21.7. The number of esters is 1. The molecule has 0 spiro atoms. The number of hydrogen-bond acceptors (Lipinski definition) is 4. The van der Waals surface area contributed by atoms with Crippen molar-refractivity contribution in [1.82, 2.24) is 0 Å². The van der Waals surface area contributed by atoms with Crippen molar-refractivity contribution in [2.75, 3.05) is 14.2 Å². The molecule has 142 valence electrons. The maximum atomic E-state index is 11.6. The molecule has 1 aromatic carbocycles. The van der Waals surface area contributed by atoms with Gasteiger partial charge in [0.2, 0.25) is 0 Å². The predicted molar refractivity (Wildman–Crippen MR) is 104 cm³/mol. The number of carbonyl (C=O) groups is 1. The van der Waals surface area contributed by atoms with Gasteiger partial charge in [-0.25, -0.2) is 0 Å². The summed E-state index contributed by atoms with van der Waals surface area (Å²) in [5.41, 5.74) is 2.36. The molecule has 0 aromatic heterocycles. The fourth-order valence-electron chi connectivity index (χ4n) is 3.81. The molecular formula is C23H26O4. The Bertz CT molecular complexity index is 792.